The molecule has 7 heteroatoms. The van der Waals surface area contributed by atoms with Crippen molar-refractivity contribution in [3.8, 4) is 16.1 Å². The van der Waals surface area contributed by atoms with Crippen LogP contribution in [-0.2, 0) is 12.8 Å². The third-order valence-electron chi connectivity index (χ3n) is 6.36. The molecular formula is C24H29N5OS. The summed E-state index contributed by atoms with van der Waals surface area (Å²) in [6, 6.07) is 12.4. The number of para-hydroxylation sites is 1. The van der Waals surface area contributed by atoms with Crippen LogP contribution in [0.3, 0.4) is 0 Å². The van der Waals surface area contributed by atoms with Gasteiger partial charge < -0.3 is 10.2 Å². The lowest BCUT2D eigenvalue weighted by Crippen LogP contribution is -2.46. The van der Waals surface area contributed by atoms with Gasteiger partial charge in [-0.15, -0.1) is 11.3 Å². The zero-order valence-corrected chi connectivity index (χ0v) is 19.0. The van der Waals surface area contributed by atoms with Crippen molar-refractivity contribution >= 4 is 17.2 Å². The minimum absolute atomic E-state index is 0.0446. The maximum absolute atomic E-state index is 12.8. The number of benzene rings is 1. The summed E-state index contributed by atoms with van der Waals surface area (Å²) in [5.41, 5.74) is 5.86. The van der Waals surface area contributed by atoms with Gasteiger partial charge in [0, 0.05) is 49.7 Å². The number of carbonyl (C=O) groups is 1. The number of likely N-dealkylation sites (N-methyl/N-ethyl adjacent to an activating group) is 1. The third kappa shape index (κ3) is 4.05. The second-order valence-corrected chi connectivity index (χ2v) is 9.57. The molecule has 0 bridgehead atoms. The van der Waals surface area contributed by atoms with Crippen molar-refractivity contribution in [2.75, 3.05) is 46.3 Å². The summed E-state index contributed by atoms with van der Waals surface area (Å²) in [6.07, 6.45) is 1.89. The van der Waals surface area contributed by atoms with Crippen LogP contribution in [0, 0.1) is 6.92 Å². The van der Waals surface area contributed by atoms with E-state index in [2.05, 4.69) is 52.0 Å². The first-order valence-electron chi connectivity index (χ1n) is 11.1. The van der Waals surface area contributed by atoms with Crippen molar-refractivity contribution in [3.63, 3.8) is 0 Å². The van der Waals surface area contributed by atoms with Crippen LogP contribution < -0.4 is 5.32 Å². The van der Waals surface area contributed by atoms with Gasteiger partial charge in [0.05, 0.1) is 22.0 Å². The summed E-state index contributed by atoms with van der Waals surface area (Å²) in [6.45, 7) is 8.04. The molecule has 1 saturated heterocycles. The second-order valence-electron chi connectivity index (χ2n) is 8.52. The minimum atomic E-state index is 0.0446. The lowest BCUT2D eigenvalue weighted by atomic mass is 9.95. The van der Waals surface area contributed by atoms with E-state index >= 15 is 0 Å². The average molecular weight is 436 g/mol. The van der Waals surface area contributed by atoms with E-state index < -0.39 is 0 Å². The Balaban J connectivity index is 1.31. The lowest BCUT2D eigenvalue weighted by molar-refractivity contribution is 0.0945. The summed E-state index contributed by atoms with van der Waals surface area (Å²) < 4.78 is 2.07. The first-order valence-corrected chi connectivity index (χ1v) is 11.9. The van der Waals surface area contributed by atoms with Crippen LogP contribution in [0.2, 0.25) is 0 Å². The summed E-state index contributed by atoms with van der Waals surface area (Å²) in [5.74, 6) is 0.0446. The van der Waals surface area contributed by atoms with Gasteiger partial charge in [0.1, 0.15) is 0 Å². The SMILES string of the molecule is Cc1nn(-c2ccccc2)c2c1-c1sc(C(=O)NCCN3CCN(C)CC3)cc1CC2. The Hall–Kier alpha value is -2.48. The van der Waals surface area contributed by atoms with Gasteiger partial charge in [-0.1, -0.05) is 18.2 Å². The highest BCUT2D eigenvalue weighted by Gasteiger charge is 2.27. The topological polar surface area (TPSA) is 53.4 Å². The number of carbonyl (C=O) groups excluding carboxylic acids is 1. The van der Waals surface area contributed by atoms with Crippen molar-refractivity contribution in [1.29, 1.82) is 0 Å². The van der Waals surface area contributed by atoms with Crippen LogP contribution in [0.4, 0.5) is 0 Å². The quantitative estimate of drug-likeness (QED) is 0.670. The molecule has 0 spiro atoms. The fraction of sp³-hybridized carbons (Fsp3) is 0.417. The normalized spacial score (nSPS) is 16.7. The van der Waals surface area contributed by atoms with Gasteiger partial charge in [-0.25, -0.2) is 4.68 Å². The predicted molar refractivity (Wildman–Crippen MR) is 125 cm³/mol. The molecular weight excluding hydrogens is 406 g/mol. The smallest absolute Gasteiger partial charge is 0.261 e. The molecule has 0 unspecified atom stereocenters. The molecule has 2 aliphatic rings. The van der Waals surface area contributed by atoms with E-state index in [1.54, 1.807) is 11.3 Å². The first kappa shape index (κ1) is 20.4. The lowest BCUT2D eigenvalue weighted by Gasteiger charge is -2.32. The highest BCUT2D eigenvalue weighted by atomic mass is 32.1. The van der Waals surface area contributed by atoms with Crippen molar-refractivity contribution in [1.82, 2.24) is 24.9 Å². The Bertz CT molecular complexity index is 1080. The zero-order chi connectivity index (χ0) is 21.4. The molecule has 1 aliphatic carbocycles. The molecule has 3 aromatic rings. The van der Waals surface area contributed by atoms with Crippen LogP contribution in [0.1, 0.15) is 26.6 Å². The molecule has 2 aromatic heterocycles. The van der Waals surface area contributed by atoms with E-state index in [9.17, 15) is 4.79 Å². The Labute approximate surface area is 187 Å². The summed E-state index contributed by atoms with van der Waals surface area (Å²) in [4.78, 5) is 19.6. The highest BCUT2D eigenvalue weighted by molar-refractivity contribution is 7.17. The number of piperazine rings is 1. The number of rotatable bonds is 5. The van der Waals surface area contributed by atoms with Crippen LogP contribution in [0.15, 0.2) is 36.4 Å². The van der Waals surface area contributed by atoms with E-state index in [4.69, 9.17) is 5.10 Å². The van der Waals surface area contributed by atoms with Crippen molar-refractivity contribution in [3.05, 3.63) is 58.2 Å². The maximum atomic E-state index is 12.8. The van der Waals surface area contributed by atoms with Gasteiger partial charge >= 0.3 is 0 Å². The number of aromatic nitrogens is 2. The molecule has 1 amide bonds. The molecule has 162 valence electrons. The number of aryl methyl sites for hydroxylation is 2. The van der Waals surface area contributed by atoms with Gasteiger partial charge in [-0.2, -0.15) is 5.10 Å². The Morgan fingerprint density at radius 1 is 1.13 bits per heavy atom. The molecule has 1 fully saturated rings. The van der Waals surface area contributed by atoms with Crippen LogP contribution in [-0.4, -0.2) is 71.8 Å². The Morgan fingerprint density at radius 2 is 1.90 bits per heavy atom. The summed E-state index contributed by atoms with van der Waals surface area (Å²) >= 11 is 1.61. The van der Waals surface area contributed by atoms with Crippen molar-refractivity contribution in [2.45, 2.75) is 19.8 Å². The van der Waals surface area contributed by atoms with Gasteiger partial charge in [0.25, 0.3) is 5.91 Å². The van der Waals surface area contributed by atoms with Crippen molar-refractivity contribution < 1.29 is 4.79 Å². The molecule has 1 N–H and O–H groups in total. The number of fused-ring (bicyclic) bond motifs is 3. The third-order valence-corrected chi connectivity index (χ3v) is 7.55. The maximum Gasteiger partial charge on any atom is 0.261 e. The van der Waals surface area contributed by atoms with Crippen molar-refractivity contribution in [2.24, 2.45) is 0 Å². The molecule has 31 heavy (non-hydrogen) atoms. The van der Waals surface area contributed by atoms with E-state index in [0.29, 0.717) is 6.54 Å². The first-order chi connectivity index (χ1) is 15.1. The van der Waals surface area contributed by atoms with Gasteiger partial charge in [0.2, 0.25) is 0 Å². The fourth-order valence-electron chi connectivity index (χ4n) is 4.56. The standard InChI is InChI=1S/C24H29N5OS/c1-17-22-20(29(26-17)19-6-4-3-5-7-19)9-8-18-16-21(31-23(18)22)24(30)25-10-11-28-14-12-27(2)13-15-28/h3-7,16H,8-15H2,1-2H3,(H,25,30). The zero-order valence-electron chi connectivity index (χ0n) is 18.2. The number of nitrogens with zero attached hydrogens (tertiary/aromatic N) is 4. The highest BCUT2D eigenvalue weighted by Crippen LogP contribution is 2.42. The van der Waals surface area contributed by atoms with Gasteiger partial charge in [0.15, 0.2) is 0 Å². The van der Waals surface area contributed by atoms with E-state index in [1.165, 1.54) is 21.7 Å². The minimum Gasteiger partial charge on any atom is -0.350 e. The van der Waals surface area contributed by atoms with E-state index in [0.717, 1.165) is 61.8 Å². The molecule has 5 rings (SSSR count). The largest absolute Gasteiger partial charge is 0.350 e. The van der Waals surface area contributed by atoms with E-state index in [-0.39, 0.29) is 5.91 Å². The summed E-state index contributed by atoms with van der Waals surface area (Å²) in [7, 11) is 2.16. The van der Waals surface area contributed by atoms with E-state index in [1.807, 2.05) is 18.2 Å². The predicted octanol–water partition coefficient (Wildman–Crippen LogP) is 2.99. The monoisotopic (exact) mass is 435 g/mol. The number of hydrogen-bond donors (Lipinski definition) is 1. The molecule has 6 nitrogen and oxygen atoms in total. The molecule has 0 saturated carbocycles. The molecule has 0 radical (unpaired) electrons. The summed E-state index contributed by atoms with van der Waals surface area (Å²) in [5, 5.41) is 7.97. The van der Waals surface area contributed by atoms with Crippen LogP contribution in [0.5, 0.6) is 0 Å². The Kier molecular flexibility index (Phi) is 5.65. The average Bonchev–Trinajstić information content (AvgIpc) is 3.37. The molecule has 1 aromatic carbocycles. The fourth-order valence-corrected chi connectivity index (χ4v) is 5.81. The van der Waals surface area contributed by atoms with Crippen LogP contribution in [0.25, 0.3) is 16.1 Å². The molecule has 0 atom stereocenters. The molecule has 1 aliphatic heterocycles. The number of nitrogens with one attached hydrogen (secondary N) is 1. The van der Waals surface area contributed by atoms with Gasteiger partial charge in [-0.05, 0) is 50.6 Å². The molecule has 3 heterocycles. The second kappa shape index (κ2) is 8.57. The number of hydrogen-bond acceptors (Lipinski definition) is 5. The number of amides is 1. The number of thiophene rings is 1. The Morgan fingerprint density at radius 3 is 2.68 bits per heavy atom. The van der Waals surface area contributed by atoms with Gasteiger partial charge in [-0.3, -0.25) is 9.69 Å². The van der Waals surface area contributed by atoms with Crippen LogP contribution >= 0.6 is 11.3 Å².